The summed E-state index contributed by atoms with van der Waals surface area (Å²) in [6.45, 7) is 3.32. The first kappa shape index (κ1) is 13.4. The number of amides is 1. The molecule has 0 aromatic heterocycles. The molecule has 0 unspecified atom stereocenters. The lowest BCUT2D eigenvalue weighted by molar-refractivity contribution is 0.0368. The number of carbonyl (C=O) groups is 1. The van der Waals surface area contributed by atoms with Gasteiger partial charge in [0.2, 0.25) is 0 Å². The van der Waals surface area contributed by atoms with E-state index in [4.69, 9.17) is 5.73 Å². The average Bonchev–Trinajstić information content (AvgIpc) is 2.18. The maximum atomic E-state index is 13.2. The van der Waals surface area contributed by atoms with E-state index < -0.39 is 17.3 Å². The van der Waals surface area contributed by atoms with E-state index in [0.29, 0.717) is 0 Å². The summed E-state index contributed by atoms with van der Waals surface area (Å²) in [6, 6.07) is 4.08. The van der Waals surface area contributed by atoms with Crippen molar-refractivity contribution in [2.45, 2.75) is 19.4 Å². The van der Waals surface area contributed by atoms with Crippen molar-refractivity contribution in [3.63, 3.8) is 0 Å². The van der Waals surface area contributed by atoms with Crippen molar-refractivity contribution in [3.8, 4) is 0 Å². The minimum Gasteiger partial charge on any atom is -0.396 e. The van der Waals surface area contributed by atoms with Crippen LogP contribution in [-0.2, 0) is 0 Å². The first-order valence-corrected chi connectivity index (χ1v) is 5.24. The van der Waals surface area contributed by atoms with E-state index in [-0.39, 0.29) is 17.8 Å². The largest absolute Gasteiger partial charge is 0.396 e. The van der Waals surface area contributed by atoms with Crippen LogP contribution in [0, 0.1) is 5.82 Å². The molecule has 0 atom stereocenters. The zero-order valence-corrected chi connectivity index (χ0v) is 10.2. The number of hydrogen-bond donors (Lipinski definition) is 2. The monoisotopic (exact) mass is 240 g/mol. The SMILES string of the molecule is CN(CC(C)(C)O)C(=O)c1cccc(F)c1N. The van der Waals surface area contributed by atoms with E-state index >= 15 is 0 Å². The summed E-state index contributed by atoms with van der Waals surface area (Å²) in [5.74, 6) is -1.03. The van der Waals surface area contributed by atoms with Gasteiger partial charge in [0.1, 0.15) is 5.82 Å². The van der Waals surface area contributed by atoms with Crippen molar-refractivity contribution < 1.29 is 14.3 Å². The second kappa shape index (κ2) is 4.71. The van der Waals surface area contributed by atoms with Crippen LogP contribution < -0.4 is 5.73 Å². The molecule has 5 heteroatoms. The molecule has 4 nitrogen and oxygen atoms in total. The number of aliphatic hydroxyl groups is 1. The third-order valence-corrected chi connectivity index (χ3v) is 2.25. The predicted molar refractivity (Wildman–Crippen MR) is 64.1 cm³/mol. The van der Waals surface area contributed by atoms with Crippen LogP contribution in [0.25, 0.3) is 0 Å². The zero-order valence-electron chi connectivity index (χ0n) is 10.2. The molecule has 1 amide bonds. The van der Waals surface area contributed by atoms with Gasteiger partial charge in [-0.15, -0.1) is 0 Å². The minimum absolute atomic E-state index is 0.108. The second-order valence-corrected chi connectivity index (χ2v) is 4.67. The van der Waals surface area contributed by atoms with Crippen molar-refractivity contribution in [1.29, 1.82) is 0 Å². The van der Waals surface area contributed by atoms with Crippen LogP contribution in [0.4, 0.5) is 10.1 Å². The number of hydrogen-bond acceptors (Lipinski definition) is 3. The Balaban J connectivity index is 2.93. The fourth-order valence-electron chi connectivity index (χ4n) is 1.58. The highest BCUT2D eigenvalue weighted by atomic mass is 19.1. The van der Waals surface area contributed by atoms with Crippen LogP contribution in [0.5, 0.6) is 0 Å². The van der Waals surface area contributed by atoms with Gasteiger partial charge in [-0.1, -0.05) is 6.07 Å². The molecular weight excluding hydrogens is 223 g/mol. The van der Waals surface area contributed by atoms with Crippen molar-refractivity contribution >= 4 is 11.6 Å². The molecule has 0 saturated heterocycles. The van der Waals surface area contributed by atoms with Crippen molar-refractivity contribution in [2.24, 2.45) is 0 Å². The number of rotatable bonds is 3. The van der Waals surface area contributed by atoms with Crippen LogP contribution >= 0.6 is 0 Å². The summed E-state index contributed by atoms with van der Waals surface area (Å²) in [4.78, 5) is 13.3. The maximum absolute atomic E-state index is 13.2. The lowest BCUT2D eigenvalue weighted by Crippen LogP contribution is -2.40. The number of benzene rings is 1. The van der Waals surface area contributed by atoms with E-state index in [0.717, 1.165) is 0 Å². The zero-order chi connectivity index (χ0) is 13.2. The van der Waals surface area contributed by atoms with Crippen LogP contribution in [0.2, 0.25) is 0 Å². The number of halogens is 1. The van der Waals surface area contributed by atoms with Crippen molar-refractivity contribution in [3.05, 3.63) is 29.6 Å². The van der Waals surface area contributed by atoms with Crippen LogP contribution in [0.3, 0.4) is 0 Å². The van der Waals surface area contributed by atoms with Gasteiger partial charge in [-0.2, -0.15) is 0 Å². The number of para-hydroxylation sites is 1. The first-order chi connectivity index (χ1) is 7.72. The smallest absolute Gasteiger partial charge is 0.255 e. The molecule has 1 aromatic rings. The number of likely N-dealkylation sites (N-methyl/N-ethyl adjacent to an activating group) is 1. The van der Waals surface area contributed by atoms with E-state index in [1.54, 1.807) is 13.8 Å². The summed E-state index contributed by atoms with van der Waals surface area (Å²) < 4.78 is 13.2. The van der Waals surface area contributed by atoms with Gasteiger partial charge in [0.25, 0.3) is 5.91 Å². The third kappa shape index (κ3) is 3.42. The minimum atomic E-state index is -1.01. The first-order valence-electron chi connectivity index (χ1n) is 5.24. The molecule has 0 fully saturated rings. The number of anilines is 1. The summed E-state index contributed by atoms with van der Waals surface area (Å²) in [7, 11) is 1.53. The number of nitrogen functional groups attached to an aromatic ring is 1. The van der Waals surface area contributed by atoms with Gasteiger partial charge in [0.05, 0.1) is 16.9 Å². The summed E-state index contributed by atoms with van der Waals surface area (Å²) in [5, 5.41) is 9.61. The molecule has 0 spiro atoms. The molecule has 17 heavy (non-hydrogen) atoms. The second-order valence-electron chi connectivity index (χ2n) is 4.67. The molecular formula is C12H17FN2O2. The van der Waals surface area contributed by atoms with E-state index in [2.05, 4.69) is 0 Å². The Labute approximate surface area is 99.8 Å². The van der Waals surface area contributed by atoms with Crippen molar-refractivity contribution in [2.75, 3.05) is 19.3 Å². The number of nitrogens with two attached hydrogens (primary N) is 1. The fraction of sp³-hybridized carbons (Fsp3) is 0.417. The summed E-state index contributed by atoms with van der Waals surface area (Å²) >= 11 is 0. The van der Waals surface area contributed by atoms with Gasteiger partial charge >= 0.3 is 0 Å². The normalized spacial score (nSPS) is 11.4. The van der Waals surface area contributed by atoms with Gasteiger partial charge in [-0.05, 0) is 26.0 Å². The van der Waals surface area contributed by atoms with Gasteiger partial charge in [0.15, 0.2) is 0 Å². The van der Waals surface area contributed by atoms with Gasteiger partial charge in [-0.3, -0.25) is 4.79 Å². The van der Waals surface area contributed by atoms with Crippen LogP contribution in [0.1, 0.15) is 24.2 Å². The van der Waals surface area contributed by atoms with Gasteiger partial charge in [-0.25, -0.2) is 4.39 Å². The highest BCUT2D eigenvalue weighted by Crippen LogP contribution is 2.18. The maximum Gasteiger partial charge on any atom is 0.255 e. The summed E-state index contributed by atoms with van der Waals surface area (Å²) in [5.41, 5.74) is 4.43. The molecule has 0 bridgehead atoms. The van der Waals surface area contributed by atoms with E-state index in [9.17, 15) is 14.3 Å². The third-order valence-electron chi connectivity index (χ3n) is 2.25. The summed E-state index contributed by atoms with van der Waals surface area (Å²) in [6.07, 6.45) is 0. The van der Waals surface area contributed by atoms with Crippen molar-refractivity contribution in [1.82, 2.24) is 4.90 Å². The van der Waals surface area contributed by atoms with Gasteiger partial charge in [0, 0.05) is 13.6 Å². The molecule has 0 aliphatic rings. The lowest BCUT2D eigenvalue weighted by atomic mass is 10.1. The van der Waals surface area contributed by atoms with E-state index in [1.165, 1.54) is 30.1 Å². The Hall–Kier alpha value is -1.62. The van der Waals surface area contributed by atoms with Gasteiger partial charge < -0.3 is 15.7 Å². The molecule has 0 saturated carbocycles. The van der Waals surface area contributed by atoms with Crippen LogP contribution in [0.15, 0.2) is 18.2 Å². The van der Waals surface area contributed by atoms with Crippen LogP contribution in [-0.4, -0.2) is 35.1 Å². The predicted octanol–water partition coefficient (Wildman–Crippen LogP) is 1.25. The number of carbonyl (C=O) groups excluding carboxylic acids is 1. The molecule has 3 N–H and O–H groups in total. The molecule has 0 heterocycles. The average molecular weight is 240 g/mol. The molecule has 0 aliphatic carbocycles. The Bertz CT molecular complexity index is 427. The standard InChI is InChI=1S/C12H17FN2O2/c1-12(2,17)7-15(3)11(16)8-5-4-6-9(13)10(8)14/h4-6,17H,7,14H2,1-3H3. The fourth-order valence-corrected chi connectivity index (χ4v) is 1.58. The Morgan fingerprint density at radius 3 is 2.65 bits per heavy atom. The lowest BCUT2D eigenvalue weighted by Gasteiger charge is -2.26. The quantitative estimate of drug-likeness (QED) is 0.781. The molecule has 0 radical (unpaired) electrons. The Kier molecular flexibility index (Phi) is 3.72. The Morgan fingerprint density at radius 2 is 2.12 bits per heavy atom. The molecule has 1 aromatic carbocycles. The highest BCUT2D eigenvalue weighted by Gasteiger charge is 2.22. The Morgan fingerprint density at radius 1 is 1.53 bits per heavy atom. The van der Waals surface area contributed by atoms with E-state index in [1.807, 2.05) is 0 Å². The molecule has 94 valence electrons. The highest BCUT2D eigenvalue weighted by molar-refractivity contribution is 5.99. The molecule has 1 rings (SSSR count). The molecule has 0 aliphatic heterocycles. The topological polar surface area (TPSA) is 66.6 Å². The number of nitrogens with zero attached hydrogens (tertiary/aromatic N) is 1.